The lowest BCUT2D eigenvalue weighted by molar-refractivity contribution is -0.162. The van der Waals surface area contributed by atoms with Gasteiger partial charge in [0.15, 0.2) is 11.6 Å². The number of carbonyl (C=O) groups excluding carboxylic acids is 2. The highest BCUT2D eigenvalue weighted by molar-refractivity contribution is 5.87. The summed E-state index contributed by atoms with van der Waals surface area (Å²) < 4.78 is 17.1. The summed E-state index contributed by atoms with van der Waals surface area (Å²) in [5.41, 5.74) is 1.21. The Hall–Kier alpha value is -1.40. The minimum Gasteiger partial charge on any atom is -0.449 e. The molecule has 0 aromatic heterocycles. The maximum absolute atomic E-state index is 12.3. The van der Waals surface area contributed by atoms with Gasteiger partial charge in [0.05, 0.1) is 6.61 Å². The van der Waals surface area contributed by atoms with Gasteiger partial charge in [-0.15, -0.1) is 0 Å². The Morgan fingerprint density at radius 3 is 2.84 bits per heavy atom. The van der Waals surface area contributed by atoms with E-state index in [1.165, 1.54) is 5.57 Å². The molecule has 2 heterocycles. The number of hydrogen-bond donors (Lipinski definition) is 0. The number of unbranched alkanes of at least 4 members (excludes halogenated alkanes) is 1. The van der Waals surface area contributed by atoms with Crippen LogP contribution in [0, 0.1) is 11.8 Å². The largest absolute Gasteiger partial charge is 0.449 e. The van der Waals surface area contributed by atoms with E-state index in [0.29, 0.717) is 26.1 Å². The van der Waals surface area contributed by atoms with Gasteiger partial charge < -0.3 is 19.1 Å². The summed E-state index contributed by atoms with van der Waals surface area (Å²) in [4.78, 5) is 26.2. The number of hydrogen-bond acceptors (Lipinski definition) is 5. The number of nitrogens with zero attached hydrogens (tertiary/aromatic N) is 1. The molecule has 0 spiro atoms. The Morgan fingerprint density at radius 1 is 1.40 bits per heavy atom. The molecule has 25 heavy (non-hydrogen) atoms. The molecule has 140 valence electrons. The second-order valence-electron chi connectivity index (χ2n) is 7.78. The van der Waals surface area contributed by atoms with Crippen LogP contribution in [0.5, 0.6) is 0 Å². The maximum Gasteiger partial charge on any atom is 0.410 e. The van der Waals surface area contributed by atoms with E-state index in [-0.39, 0.29) is 29.8 Å². The SMILES string of the molecule is CCCCOC(=O)N1CC=C([C@H]2CC(=O)[C@@H]3OC(C)(C)O[C@H]23)C(C)C1. The number of ketones is 1. The molecule has 3 rings (SSSR count). The van der Waals surface area contributed by atoms with Gasteiger partial charge >= 0.3 is 6.09 Å². The van der Waals surface area contributed by atoms with Crippen LogP contribution in [0.1, 0.15) is 47.0 Å². The highest BCUT2D eigenvalue weighted by Gasteiger charge is 2.55. The van der Waals surface area contributed by atoms with Crippen molar-refractivity contribution in [2.45, 2.75) is 65.0 Å². The highest BCUT2D eigenvalue weighted by Crippen LogP contribution is 2.44. The lowest BCUT2D eigenvalue weighted by Gasteiger charge is -2.34. The molecule has 1 aliphatic carbocycles. The Balaban J connectivity index is 1.66. The van der Waals surface area contributed by atoms with Gasteiger partial charge in [-0.25, -0.2) is 4.79 Å². The van der Waals surface area contributed by atoms with Crippen LogP contribution in [0.2, 0.25) is 0 Å². The molecule has 0 N–H and O–H groups in total. The van der Waals surface area contributed by atoms with Crippen molar-refractivity contribution in [2.75, 3.05) is 19.7 Å². The van der Waals surface area contributed by atoms with Gasteiger partial charge in [-0.05, 0) is 26.2 Å². The molecule has 0 radical (unpaired) electrons. The predicted molar refractivity (Wildman–Crippen MR) is 92.0 cm³/mol. The fraction of sp³-hybridized carbons (Fsp3) is 0.789. The molecule has 1 saturated heterocycles. The third kappa shape index (κ3) is 3.75. The van der Waals surface area contributed by atoms with E-state index in [9.17, 15) is 9.59 Å². The quantitative estimate of drug-likeness (QED) is 0.575. The van der Waals surface area contributed by atoms with E-state index in [4.69, 9.17) is 14.2 Å². The average molecular weight is 351 g/mol. The van der Waals surface area contributed by atoms with E-state index in [1.54, 1.807) is 4.90 Å². The molecule has 1 unspecified atom stereocenters. The monoisotopic (exact) mass is 351 g/mol. The molecule has 1 amide bonds. The van der Waals surface area contributed by atoms with Gasteiger partial charge in [0.25, 0.3) is 0 Å². The topological polar surface area (TPSA) is 65.1 Å². The number of rotatable bonds is 4. The van der Waals surface area contributed by atoms with E-state index in [2.05, 4.69) is 19.9 Å². The molecule has 4 atom stereocenters. The van der Waals surface area contributed by atoms with Gasteiger partial charge in [-0.3, -0.25) is 4.79 Å². The van der Waals surface area contributed by atoms with E-state index < -0.39 is 11.9 Å². The fourth-order valence-electron chi connectivity index (χ4n) is 4.08. The summed E-state index contributed by atoms with van der Waals surface area (Å²) in [6.07, 6.45) is 3.51. The normalized spacial score (nSPS) is 34.0. The Morgan fingerprint density at radius 2 is 2.16 bits per heavy atom. The molecule has 2 aliphatic heterocycles. The predicted octanol–water partition coefficient (Wildman–Crippen LogP) is 2.91. The molecule has 0 bridgehead atoms. The van der Waals surface area contributed by atoms with Gasteiger partial charge in [0.2, 0.25) is 0 Å². The number of carbonyl (C=O) groups is 2. The average Bonchev–Trinajstić information content (AvgIpc) is 3.02. The summed E-state index contributed by atoms with van der Waals surface area (Å²) in [6.45, 7) is 9.47. The molecule has 0 aromatic rings. The van der Waals surface area contributed by atoms with Crippen LogP contribution in [0.4, 0.5) is 4.79 Å². The van der Waals surface area contributed by atoms with E-state index >= 15 is 0 Å². The lowest BCUT2D eigenvalue weighted by atomic mass is 9.84. The van der Waals surface area contributed by atoms with Gasteiger partial charge in [-0.2, -0.15) is 0 Å². The molecule has 1 saturated carbocycles. The van der Waals surface area contributed by atoms with Crippen LogP contribution in [0.25, 0.3) is 0 Å². The molecule has 2 fully saturated rings. The first-order chi connectivity index (χ1) is 11.8. The van der Waals surface area contributed by atoms with Crippen molar-refractivity contribution in [1.29, 1.82) is 0 Å². The third-order valence-electron chi connectivity index (χ3n) is 5.28. The maximum atomic E-state index is 12.3. The molecule has 6 heteroatoms. The smallest absolute Gasteiger partial charge is 0.410 e. The molecule has 0 aromatic carbocycles. The first kappa shape index (κ1) is 18.4. The Kier molecular flexibility index (Phi) is 5.21. The van der Waals surface area contributed by atoms with Crippen molar-refractivity contribution >= 4 is 11.9 Å². The standard InChI is InChI=1S/C19H29NO5/c1-5-6-9-23-18(22)20-8-7-13(12(2)11-20)14-10-15(21)17-16(14)24-19(3,4)25-17/h7,12,14,16-17H,5-6,8-11H2,1-4H3/t12?,14-,16-,17+/m1/s1. The van der Waals surface area contributed by atoms with E-state index in [0.717, 1.165) is 12.8 Å². The Labute approximate surface area is 149 Å². The molecular weight excluding hydrogens is 322 g/mol. The second-order valence-corrected chi connectivity index (χ2v) is 7.78. The number of amides is 1. The summed E-state index contributed by atoms with van der Waals surface area (Å²) in [5, 5.41) is 0. The lowest BCUT2D eigenvalue weighted by Crippen LogP contribution is -2.41. The second kappa shape index (κ2) is 7.08. The van der Waals surface area contributed by atoms with Crippen molar-refractivity contribution in [3.8, 4) is 0 Å². The van der Waals surface area contributed by atoms with Crippen LogP contribution in [-0.4, -0.2) is 54.5 Å². The number of ether oxygens (including phenoxy) is 3. The fourth-order valence-corrected chi connectivity index (χ4v) is 4.08. The van der Waals surface area contributed by atoms with Gasteiger partial charge in [0, 0.05) is 25.4 Å². The zero-order valence-electron chi connectivity index (χ0n) is 15.6. The summed E-state index contributed by atoms with van der Waals surface area (Å²) in [6, 6.07) is 0. The summed E-state index contributed by atoms with van der Waals surface area (Å²) >= 11 is 0. The minimum absolute atomic E-state index is 0.0486. The van der Waals surface area contributed by atoms with E-state index in [1.807, 2.05) is 13.8 Å². The molecular formula is C19H29NO5. The van der Waals surface area contributed by atoms with Gasteiger partial charge in [0.1, 0.15) is 12.2 Å². The Bertz CT molecular complexity index is 570. The first-order valence-electron chi connectivity index (χ1n) is 9.32. The van der Waals surface area contributed by atoms with Crippen molar-refractivity contribution in [3.05, 3.63) is 11.6 Å². The van der Waals surface area contributed by atoms with Crippen LogP contribution in [0.3, 0.4) is 0 Å². The van der Waals surface area contributed by atoms with Crippen LogP contribution in [0.15, 0.2) is 11.6 Å². The zero-order valence-corrected chi connectivity index (χ0v) is 15.6. The van der Waals surface area contributed by atoms with Crippen molar-refractivity contribution < 1.29 is 23.8 Å². The first-order valence-corrected chi connectivity index (χ1v) is 9.32. The van der Waals surface area contributed by atoms with Crippen molar-refractivity contribution in [1.82, 2.24) is 4.90 Å². The minimum atomic E-state index is -0.711. The number of fused-ring (bicyclic) bond motifs is 1. The van der Waals surface area contributed by atoms with Gasteiger partial charge in [-0.1, -0.05) is 31.9 Å². The van der Waals surface area contributed by atoms with Crippen molar-refractivity contribution in [2.24, 2.45) is 11.8 Å². The summed E-state index contributed by atoms with van der Waals surface area (Å²) in [7, 11) is 0. The van der Waals surface area contributed by atoms with Crippen LogP contribution < -0.4 is 0 Å². The van der Waals surface area contributed by atoms with Crippen LogP contribution in [-0.2, 0) is 19.0 Å². The molecule has 6 nitrogen and oxygen atoms in total. The van der Waals surface area contributed by atoms with Crippen LogP contribution >= 0.6 is 0 Å². The number of Topliss-reactive ketones (excluding diaryl/α,β-unsaturated/α-hetero) is 1. The summed E-state index contributed by atoms with van der Waals surface area (Å²) in [5.74, 6) is -0.365. The van der Waals surface area contributed by atoms with Crippen molar-refractivity contribution in [3.63, 3.8) is 0 Å². The molecule has 3 aliphatic rings. The highest BCUT2D eigenvalue weighted by atomic mass is 16.8. The zero-order chi connectivity index (χ0) is 18.2. The third-order valence-corrected chi connectivity index (χ3v) is 5.28.